The molecule has 0 amide bonds. The molecule has 0 radical (unpaired) electrons. The number of rotatable bonds is 59. The van der Waals surface area contributed by atoms with Crippen molar-refractivity contribution in [3.63, 3.8) is 0 Å². The van der Waals surface area contributed by atoms with Crippen molar-refractivity contribution in [2.45, 2.75) is 290 Å². The molecule has 0 heterocycles. The second kappa shape index (κ2) is 68.5. The maximum atomic E-state index is 12.9. The minimum atomic E-state index is -0.803. The number of unbranched alkanes of at least 4 members (excludes halogenated alkanes) is 22. The summed E-state index contributed by atoms with van der Waals surface area (Å²) >= 11 is 0. The van der Waals surface area contributed by atoms with Crippen LogP contribution in [0.5, 0.6) is 0 Å². The summed E-state index contributed by atoms with van der Waals surface area (Å²) in [5.41, 5.74) is 0. The molecule has 0 aromatic heterocycles. The van der Waals surface area contributed by atoms with Gasteiger partial charge in [-0.05, 0) is 154 Å². The molecule has 0 aromatic rings. The fourth-order valence-electron chi connectivity index (χ4n) is 8.73. The van der Waals surface area contributed by atoms with Crippen LogP contribution >= 0.6 is 0 Å². The minimum Gasteiger partial charge on any atom is -0.462 e. The molecule has 0 N–H and O–H groups in total. The molecule has 0 aromatic carbocycles. The predicted molar refractivity (Wildman–Crippen MR) is 357 cm³/mol. The third-order valence-electron chi connectivity index (χ3n) is 13.7. The molecular formula is C76H122O6. The maximum Gasteiger partial charge on any atom is 0.306 e. The lowest BCUT2D eigenvalue weighted by atomic mass is 10.1. The van der Waals surface area contributed by atoms with E-state index in [1.165, 1.54) is 83.5 Å². The van der Waals surface area contributed by atoms with Gasteiger partial charge in [0.1, 0.15) is 13.2 Å². The number of carbonyl (C=O) groups is 3. The molecule has 0 aliphatic carbocycles. The van der Waals surface area contributed by atoms with Gasteiger partial charge in [-0.2, -0.15) is 0 Å². The molecule has 1 unspecified atom stereocenters. The van der Waals surface area contributed by atoms with Crippen molar-refractivity contribution in [1.29, 1.82) is 0 Å². The third kappa shape index (κ3) is 65.8. The van der Waals surface area contributed by atoms with Gasteiger partial charge in [0.2, 0.25) is 0 Å². The quantitative estimate of drug-likeness (QED) is 0.0261. The Balaban J connectivity index is 4.34. The van der Waals surface area contributed by atoms with E-state index >= 15 is 0 Å². The molecule has 0 aliphatic rings. The maximum absolute atomic E-state index is 12.9. The van der Waals surface area contributed by atoms with Crippen molar-refractivity contribution < 1.29 is 28.6 Å². The first-order valence-electron chi connectivity index (χ1n) is 33.5. The predicted octanol–water partition coefficient (Wildman–Crippen LogP) is 23.3. The molecule has 1 atom stereocenters. The van der Waals surface area contributed by atoms with Crippen LogP contribution < -0.4 is 0 Å². The lowest BCUT2D eigenvalue weighted by molar-refractivity contribution is -0.167. The molecule has 0 saturated heterocycles. The van der Waals surface area contributed by atoms with Gasteiger partial charge >= 0.3 is 17.9 Å². The smallest absolute Gasteiger partial charge is 0.306 e. The van der Waals surface area contributed by atoms with Crippen molar-refractivity contribution in [3.05, 3.63) is 158 Å². The van der Waals surface area contributed by atoms with E-state index in [2.05, 4.69) is 179 Å². The summed E-state index contributed by atoms with van der Waals surface area (Å²) < 4.78 is 16.9. The van der Waals surface area contributed by atoms with Crippen LogP contribution in [0.4, 0.5) is 0 Å². The SMILES string of the molecule is CC/C=C\C/C=C\C/C=C\C/C=C\C/C=C\C/C=C\C/C=C\C/C=C\C/C=C\C/C=C\CCCCCCC(=O)OCC(COC(=O)CCCCCCC/C=C\CCCCC)OC(=O)CCCCCCCCC/C=C\C/C=C\CCCCC. The Kier molecular flexibility index (Phi) is 64.4. The van der Waals surface area contributed by atoms with Crippen LogP contribution in [-0.2, 0) is 28.6 Å². The van der Waals surface area contributed by atoms with Crippen LogP contribution in [0, 0.1) is 0 Å². The number of ether oxygens (including phenoxy) is 3. The molecule has 0 bridgehead atoms. The van der Waals surface area contributed by atoms with Gasteiger partial charge in [-0.3, -0.25) is 14.4 Å². The molecule has 82 heavy (non-hydrogen) atoms. The fourth-order valence-corrected chi connectivity index (χ4v) is 8.73. The highest BCUT2D eigenvalue weighted by molar-refractivity contribution is 5.71. The summed E-state index contributed by atoms with van der Waals surface area (Å²) in [6, 6.07) is 0. The average molecular weight is 1130 g/mol. The lowest BCUT2D eigenvalue weighted by Gasteiger charge is -2.18. The highest BCUT2D eigenvalue weighted by Gasteiger charge is 2.19. The zero-order valence-electron chi connectivity index (χ0n) is 52.9. The molecule has 6 heteroatoms. The molecule has 0 aliphatic heterocycles. The van der Waals surface area contributed by atoms with Crippen molar-refractivity contribution in [3.8, 4) is 0 Å². The van der Waals surface area contributed by atoms with Gasteiger partial charge in [0.05, 0.1) is 0 Å². The zero-order chi connectivity index (χ0) is 59.2. The van der Waals surface area contributed by atoms with Gasteiger partial charge in [-0.25, -0.2) is 0 Å². The van der Waals surface area contributed by atoms with Crippen molar-refractivity contribution in [1.82, 2.24) is 0 Å². The number of allylic oxidation sites excluding steroid dienone is 26. The third-order valence-corrected chi connectivity index (χ3v) is 13.7. The summed E-state index contributed by atoms with van der Waals surface area (Å²) in [5.74, 6) is -0.942. The van der Waals surface area contributed by atoms with Crippen molar-refractivity contribution in [2.24, 2.45) is 0 Å². The highest BCUT2D eigenvalue weighted by atomic mass is 16.6. The Hall–Kier alpha value is -4.97. The molecule has 462 valence electrons. The van der Waals surface area contributed by atoms with E-state index in [0.29, 0.717) is 19.3 Å². The first-order chi connectivity index (χ1) is 40.5. The largest absolute Gasteiger partial charge is 0.462 e. The Bertz CT molecular complexity index is 1830. The van der Waals surface area contributed by atoms with Gasteiger partial charge in [0.25, 0.3) is 0 Å². The van der Waals surface area contributed by atoms with E-state index in [-0.39, 0.29) is 31.1 Å². The summed E-state index contributed by atoms with van der Waals surface area (Å²) in [4.78, 5) is 38.3. The number of carbonyl (C=O) groups excluding carboxylic acids is 3. The van der Waals surface area contributed by atoms with Gasteiger partial charge in [-0.15, -0.1) is 0 Å². The topological polar surface area (TPSA) is 78.9 Å². The van der Waals surface area contributed by atoms with E-state index in [9.17, 15) is 14.4 Å². The van der Waals surface area contributed by atoms with Crippen molar-refractivity contribution in [2.75, 3.05) is 13.2 Å². The standard InChI is InChI=1S/C76H122O6/c1-4-7-10-13-16-19-22-25-27-29-30-31-32-33-34-35-36-37-38-39-40-41-42-43-44-45-46-48-49-51-54-57-60-63-66-69-75(78)81-72-73(71-80-74(77)68-65-62-59-56-53-24-21-18-15-12-9-6-3)82-76(79)70-67-64-61-58-55-52-50-47-28-26-23-20-17-14-11-8-5-2/h7,10,16-21,25-28,30-31,33-34,36-37,39-40,42-43,45-46,49,51,73H,4-6,8-9,11-15,22-24,29,32,35,38,41,44,47-48,50,52-72H2,1-3H3/b10-7-,19-16-,20-17-,21-18-,27-25-,28-26-,31-30-,34-33-,37-36-,40-39-,43-42-,46-45-,51-49-. The van der Waals surface area contributed by atoms with Crippen LogP contribution in [-0.4, -0.2) is 37.2 Å². The van der Waals surface area contributed by atoms with Gasteiger partial charge in [0.15, 0.2) is 6.10 Å². The number of hydrogen-bond acceptors (Lipinski definition) is 6. The molecule has 0 fully saturated rings. The Morgan fingerprint density at radius 2 is 0.476 bits per heavy atom. The molecule has 0 saturated carbocycles. The molecule has 0 rings (SSSR count). The Morgan fingerprint density at radius 1 is 0.256 bits per heavy atom. The summed E-state index contributed by atoms with van der Waals surface area (Å²) in [5, 5.41) is 0. The van der Waals surface area contributed by atoms with Crippen LogP contribution in [0.2, 0.25) is 0 Å². The summed E-state index contributed by atoms with van der Waals surface area (Å²) in [6.07, 6.45) is 99.7. The van der Waals surface area contributed by atoms with Crippen LogP contribution in [0.15, 0.2) is 158 Å². The lowest BCUT2D eigenvalue weighted by Crippen LogP contribution is -2.30. The average Bonchev–Trinajstić information content (AvgIpc) is 3.47. The van der Waals surface area contributed by atoms with E-state index in [1.54, 1.807) is 0 Å². The summed E-state index contributed by atoms with van der Waals surface area (Å²) in [7, 11) is 0. The first kappa shape index (κ1) is 77.0. The number of hydrogen-bond donors (Lipinski definition) is 0. The van der Waals surface area contributed by atoms with Crippen LogP contribution in [0.3, 0.4) is 0 Å². The minimum absolute atomic E-state index is 0.0983. The van der Waals surface area contributed by atoms with E-state index in [4.69, 9.17) is 14.2 Å². The number of esters is 3. The fraction of sp³-hybridized carbons (Fsp3) is 0.618. The van der Waals surface area contributed by atoms with Gasteiger partial charge in [-0.1, -0.05) is 269 Å². The second-order valence-corrected chi connectivity index (χ2v) is 21.6. The first-order valence-corrected chi connectivity index (χ1v) is 33.5. The van der Waals surface area contributed by atoms with E-state index in [0.717, 1.165) is 161 Å². The van der Waals surface area contributed by atoms with Gasteiger partial charge < -0.3 is 14.2 Å². The highest BCUT2D eigenvalue weighted by Crippen LogP contribution is 2.14. The van der Waals surface area contributed by atoms with Crippen LogP contribution in [0.25, 0.3) is 0 Å². The zero-order valence-corrected chi connectivity index (χ0v) is 52.9. The van der Waals surface area contributed by atoms with E-state index in [1.807, 2.05) is 0 Å². The van der Waals surface area contributed by atoms with Crippen LogP contribution in [0.1, 0.15) is 284 Å². The second-order valence-electron chi connectivity index (χ2n) is 21.6. The monoisotopic (exact) mass is 1130 g/mol. The Labute approximate surface area is 505 Å². The van der Waals surface area contributed by atoms with Crippen molar-refractivity contribution >= 4 is 17.9 Å². The van der Waals surface area contributed by atoms with E-state index < -0.39 is 6.10 Å². The Morgan fingerprint density at radius 3 is 0.756 bits per heavy atom. The molecule has 6 nitrogen and oxygen atoms in total. The van der Waals surface area contributed by atoms with Gasteiger partial charge in [0, 0.05) is 19.3 Å². The molecule has 0 spiro atoms. The summed E-state index contributed by atoms with van der Waals surface area (Å²) in [6.45, 7) is 6.44. The normalized spacial score (nSPS) is 13.2. The molecular weight excluding hydrogens is 1010 g/mol.